The minimum Gasteiger partial charge on any atom is -0.485 e. The molecule has 2 aromatic rings. The summed E-state index contributed by atoms with van der Waals surface area (Å²) in [5.41, 5.74) is 1.04. The Kier molecular flexibility index (Phi) is 4.31. The molecule has 6 heteroatoms. The minimum absolute atomic E-state index is 0.0977. The zero-order chi connectivity index (χ0) is 15.0. The lowest BCUT2D eigenvalue weighted by molar-refractivity contribution is 0.127. The van der Waals surface area contributed by atoms with Crippen molar-refractivity contribution in [3.8, 4) is 16.9 Å². The number of aliphatic hydroxyl groups is 1. The Hall–Kier alpha value is -0.940. The fourth-order valence-corrected chi connectivity index (χ4v) is 3.84. The van der Waals surface area contributed by atoms with Crippen LogP contribution < -0.4 is 4.74 Å². The first-order valence-electron chi connectivity index (χ1n) is 6.28. The Bertz CT molecular complexity index is 673. The third kappa shape index (κ3) is 2.86. The van der Waals surface area contributed by atoms with Gasteiger partial charge >= 0.3 is 0 Å². The van der Waals surface area contributed by atoms with Gasteiger partial charge in [0.2, 0.25) is 0 Å². The normalized spacial score (nSPS) is 17.2. The van der Waals surface area contributed by atoms with Crippen molar-refractivity contribution in [3.05, 3.63) is 46.2 Å². The first kappa shape index (κ1) is 15.0. The van der Waals surface area contributed by atoms with Crippen LogP contribution >= 0.6 is 35.0 Å². The summed E-state index contributed by atoms with van der Waals surface area (Å²) in [4.78, 5) is 0.686. The molecule has 1 aliphatic rings. The molecular weight excluding hydrogens is 334 g/mol. The molecule has 1 heterocycles. The van der Waals surface area contributed by atoms with E-state index in [9.17, 15) is 9.50 Å². The quantitative estimate of drug-likeness (QED) is 0.860. The van der Waals surface area contributed by atoms with Crippen molar-refractivity contribution in [1.82, 2.24) is 0 Å². The topological polar surface area (TPSA) is 29.5 Å². The average Bonchev–Trinajstić information content (AvgIpc) is 2.46. The van der Waals surface area contributed by atoms with E-state index in [4.69, 9.17) is 27.9 Å². The van der Waals surface area contributed by atoms with Crippen LogP contribution in [-0.4, -0.2) is 23.6 Å². The van der Waals surface area contributed by atoms with Gasteiger partial charge in [0.15, 0.2) is 0 Å². The molecule has 0 bridgehead atoms. The van der Waals surface area contributed by atoms with Crippen molar-refractivity contribution in [3.63, 3.8) is 0 Å². The number of thioether (sulfide) groups is 1. The van der Waals surface area contributed by atoms with Gasteiger partial charge in [0.05, 0.1) is 21.5 Å². The van der Waals surface area contributed by atoms with E-state index in [1.54, 1.807) is 18.2 Å². The fourth-order valence-electron chi connectivity index (χ4n) is 2.21. The predicted octanol–water partition coefficient (Wildman–Crippen LogP) is 4.64. The average molecular weight is 345 g/mol. The molecule has 2 aromatic carbocycles. The zero-order valence-corrected chi connectivity index (χ0v) is 13.1. The van der Waals surface area contributed by atoms with E-state index >= 15 is 0 Å². The van der Waals surface area contributed by atoms with Crippen molar-refractivity contribution in [2.75, 3.05) is 12.4 Å². The van der Waals surface area contributed by atoms with Crippen molar-refractivity contribution < 1.29 is 14.2 Å². The minimum atomic E-state index is -0.377. The summed E-state index contributed by atoms with van der Waals surface area (Å²) in [6, 6.07) is 7.89. The van der Waals surface area contributed by atoms with E-state index < -0.39 is 0 Å². The molecule has 110 valence electrons. The van der Waals surface area contributed by atoms with Gasteiger partial charge in [-0.05, 0) is 24.3 Å². The fraction of sp³-hybridized carbons (Fsp3) is 0.200. The number of aliphatic hydroxyl groups excluding tert-OH is 1. The highest BCUT2D eigenvalue weighted by Gasteiger charge is 2.25. The van der Waals surface area contributed by atoms with E-state index in [-0.39, 0.29) is 18.5 Å². The van der Waals surface area contributed by atoms with Gasteiger partial charge in [-0.25, -0.2) is 4.39 Å². The van der Waals surface area contributed by atoms with E-state index in [0.717, 1.165) is 0 Å². The maximum Gasteiger partial charge on any atom is 0.141 e. The Morgan fingerprint density at radius 1 is 1.29 bits per heavy atom. The second-order valence-electron chi connectivity index (χ2n) is 4.61. The summed E-state index contributed by atoms with van der Waals surface area (Å²) >= 11 is 13.9. The number of ether oxygens (including phenoxy) is 1. The maximum absolute atomic E-state index is 13.9. The van der Waals surface area contributed by atoms with E-state index in [2.05, 4.69) is 0 Å². The van der Waals surface area contributed by atoms with E-state index in [1.165, 1.54) is 23.9 Å². The van der Waals surface area contributed by atoms with Crippen LogP contribution in [0.2, 0.25) is 10.0 Å². The van der Waals surface area contributed by atoms with Gasteiger partial charge in [-0.3, -0.25) is 0 Å². The summed E-state index contributed by atoms with van der Waals surface area (Å²) in [5.74, 6) is 0.711. The molecule has 1 unspecified atom stereocenters. The van der Waals surface area contributed by atoms with Crippen molar-refractivity contribution in [2.24, 2.45) is 0 Å². The monoisotopic (exact) mass is 344 g/mol. The molecule has 0 saturated heterocycles. The SMILES string of the molecule is OCC1CSc2cc(F)cc(-c3c(Cl)cccc3Cl)c2O1. The lowest BCUT2D eigenvalue weighted by atomic mass is 10.0. The molecule has 2 nitrogen and oxygen atoms in total. The molecule has 0 fully saturated rings. The van der Waals surface area contributed by atoms with Gasteiger partial charge in [0.25, 0.3) is 0 Å². The largest absolute Gasteiger partial charge is 0.485 e. The number of rotatable bonds is 2. The summed E-state index contributed by atoms with van der Waals surface area (Å²) in [6.07, 6.45) is -0.326. The first-order chi connectivity index (χ1) is 10.1. The number of halogens is 3. The highest BCUT2D eigenvalue weighted by atomic mass is 35.5. The summed E-state index contributed by atoms with van der Waals surface area (Å²) < 4.78 is 19.7. The van der Waals surface area contributed by atoms with Crippen molar-refractivity contribution in [1.29, 1.82) is 0 Å². The summed E-state index contributed by atoms with van der Waals surface area (Å²) in [5, 5.41) is 10.1. The highest BCUT2D eigenvalue weighted by molar-refractivity contribution is 7.99. The number of fused-ring (bicyclic) bond motifs is 1. The van der Waals surface area contributed by atoms with Gasteiger partial charge in [0, 0.05) is 16.9 Å². The van der Waals surface area contributed by atoms with E-state index in [1.807, 2.05) is 0 Å². The van der Waals surface area contributed by atoms with Crippen LogP contribution in [0.4, 0.5) is 4.39 Å². The van der Waals surface area contributed by atoms with Crippen LogP contribution in [0.5, 0.6) is 5.75 Å². The molecule has 21 heavy (non-hydrogen) atoms. The number of benzene rings is 2. The lowest BCUT2D eigenvalue weighted by Gasteiger charge is -2.26. The predicted molar refractivity (Wildman–Crippen MR) is 84.1 cm³/mol. The Morgan fingerprint density at radius 3 is 2.67 bits per heavy atom. The van der Waals surface area contributed by atoms with Crippen LogP contribution in [0, 0.1) is 5.82 Å². The maximum atomic E-state index is 13.9. The first-order valence-corrected chi connectivity index (χ1v) is 8.02. The third-order valence-corrected chi connectivity index (χ3v) is 4.95. The van der Waals surface area contributed by atoms with Crippen LogP contribution in [0.25, 0.3) is 11.1 Å². The van der Waals surface area contributed by atoms with Gasteiger partial charge in [0.1, 0.15) is 17.7 Å². The second-order valence-corrected chi connectivity index (χ2v) is 6.49. The zero-order valence-electron chi connectivity index (χ0n) is 10.8. The van der Waals surface area contributed by atoms with Gasteiger partial charge in [-0.2, -0.15) is 0 Å². The molecule has 1 N–H and O–H groups in total. The number of hydrogen-bond donors (Lipinski definition) is 1. The van der Waals surface area contributed by atoms with Gasteiger partial charge < -0.3 is 9.84 Å². The van der Waals surface area contributed by atoms with Gasteiger partial charge in [-0.1, -0.05) is 29.3 Å². The smallest absolute Gasteiger partial charge is 0.141 e. The third-order valence-electron chi connectivity index (χ3n) is 3.16. The Balaban J connectivity index is 2.21. The molecule has 0 spiro atoms. The van der Waals surface area contributed by atoms with Crippen LogP contribution in [0.1, 0.15) is 0 Å². The highest BCUT2D eigenvalue weighted by Crippen LogP contribution is 2.46. The van der Waals surface area contributed by atoms with Crippen LogP contribution in [0.3, 0.4) is 0 Å². The van der Waals surface area contributed by atoms with Crippen LogP contribution in [-0.2, 0) is 0 Å². The number of hydrogen-bond acceptors (Lipinski definition) is 3. The van der Waals surface area contributed by atoms with Crippen molar-refractivity contribution in [2.45, 2.75) is 11.0 Å². The molecule has 1 aliphatic heterocycles. The Morgan fingerprint density at radius 2 is 2.00 bits per heavy atom. The molecule has 0 aliphatic carbocycles. The molecule has 0 saturated carbocycles. The summed E-state index contributed by atoms with van der Waals surface area (Å²) in [6.45, 7) is -0.0977. The molecule has 0 radical (unpaired) electrons. The standard InChI is InChI=1S/C15H11Cl2FO2S/c16-11-2-1-3-12(17)14(11)10-4-8(18)5-13-15(10)20-9(6-19)7-21-13/h1-5,9,19H,6-7H2. The molecule has 1 atom stereocenters. The van der Waals surface area contributed by atoms with E-state index in [0.29, 0.717) is 37.6 Å². The summed E-state index contributed by atoms with van der Waals surface area (Å²) in [7, 11) is 0. The van der Waals surface area contributed by atoms with Gasteiger partial charge in [-0.15, -0.1) is 11.8 Å². The molecular formula is C15H11Cl2FO2S. The van der Waals surface area contributed by atoms with Crippen LogP contribution in [0.15, 0.2) is 35.2 Å². The van der Waals surface area contributed by atoms with Crippen molar-refractivity contribution >= 4 is 35.0 Å². The second kappa shape index (κ2) is 6.05. The molecule has 3 rings (SSSR count). The lowest BCUT2D eigenvalue weighted by Crippen LogP contribution is -2.27. The molecule has 0 aromatic heterocycles. The Labute approximate surface area is 135 Å². The molecule has 0 amide bonds.